The number of piperidine rings is 1. The van der Waals surface area contributed by atoms with Crippen LogP contribution in [-0.4, -0.2) is 50.7 Å². The molecule has 1 aliphatic heterocycles. The molecule has 25 heavy (non-hydrogen) atoms. The molecule has 2 N–H and O–H groups in total. The van der Waals surface area contributed by atoms with Gasteiger partial charge in [-0.1, -0.05) is 18.2 Å². The van der Waals surface area contributed by atoms with Crippen LogP contribution in [-0.2, 0) is 11.3 Å². The molecule has 2 aromatic rings. The highest BCUT2D eigenvalue weighted by Crippen LogP contribution is 2.11. The molecular weight excluding hydrogens is 320 g/mol. The summed E-state index contributed by atoms with van der Waals surface area (Å²) in [5.74, 6) is 0.596. The summed E-state index contributed by atoms with van der Waals surface area (Å²) in [6.07, 6.45) is 3.40. The van der Waals surface area contributed by atoms with Crippen LogP contribution in [0.15, 0.2) is 36.7 Å². The number of nitrogens with one attached hydrogen (secondary N) is 2. The molecule has 3 amide bonds. The molecule has 3 rings (SSSR count). The zero-order valence-electron chi connectivity index (χ0n) is 14.2. The van der Waals surface area contributed by atoms with Crippen molar-refractivity contribution >= 4 is 11.9 Å². The Balaban J connectivity index is 1.58. The minimum atomic E-state index is -0.155. The largest absolute Gasteiger partial charge is 0.352 e. The summed E-state index contributed by atoms with van der Waals surface area (Å²) in [7, 11) is 0. The number of aromatic nitrogens is 3. The first kappa shape index (κ1) is 16.9. The van der Waals surface area contributed by atoms with Gasteiger partial charge in [-0.2, -0.15) is 0 Å². The minimum Gasteiger partial charge on any atom is -0.352 e. The van der Waals surface area contributed by atoms with E-state index >= 15 is 0 Å². The highest BCUT2D eigenvalue weighted by atomic mass is 16.2. The average Bonchev–Trinajstić information content (AvgIpc) is 3.08. The van der Waals surface area contributed by atoms with Crippen molar-refractivity contribution in [1.82, 2.24) is 30.3 Å². The second-order valence-corrected chi connectivity index (χ2v) is 6.10. The molecule has 1 aromatic carbocycles. The average molecular weight is 342 g/mol. The molecule has 0 saturated carbocycles. The molecule has 0 spiro atoms. The van der Waals surface area contributed by atoms with E-state index in [4.69, 9.17) is 0 Å². The maximum Gasteiger partial charge on any atom is 0.317 e. The number of amides is 3. The molecule has 1 fully saturated rings. The van der Waals surface area contributed by atoms with Gasteiger partial charge in [-0.25, -0.2) is 4.79 Å². The van der Waals surface area contributed by atoms with Gasteiger partial charge < -0.3 is 15.5 Å². The van der Waals surface area contributed by atoms with Crippen LogP contribution >= 0.6 is 0 Å². The summed E-state index contributed by atoms with van der Waals surface area (Å²) in [4.78, 5) is 25.3. The van der Waals surface area contributed by atoms with Crippen LogP contribution in [0.1, 0.15) is 25.6 Å². The summed E-state index contributed by atoms with van der Waals surface area (Å²) < 4.78 is 1.84. The van der Waals surface area contributed by atoms with Crippen molar-refractivity contribution in [1.29, 1.82) is 0 Å². The highest BCUT2D eigenvalue weighted by Gasteiger charge is 2.24. The number of hydrogen-bond acceptors (Lipinski definition) is 4. The van der Waals surface area contributed by atoms with Gasteiger partial charge >= 0.3 is 6.03 Å². The predicted molar refractivity (Wildman–Crippen MR) is 92.0 cm³/mol. The summed E-state index contributed by atoms with van der Waals surface area (Å²) in [5.41, 5.74) is 0.945. The maximum atomic E-state index is 12.4. The summed E-state index contributed by atoms with van der Waals surface area (Å²) in [5, 5.41) is 13.8. The van der Waals surface area contributed by atoms with E-state index in [9.17, 15) is 9.59 Å². The van der Waals surface area contributed by atoms with Gasteiger partial charge in [-0.3, -0.25) is 9.36 Å². The lowest BCUT2D eigenvalue weighted by molar-refractivity contribution is -0.119. The maximum absolute atomic E-state index is 12.4. The van der Waals surface area contributed by atoms with E-state index in [1.54, 1.807) is 11.2 Å². The van der Waals surface area contributed by atoms with E-state index in [0.29, 0.717) is 18.9 Å². The van der Waals surface area contributed by atoms with E-state index < -0.39 is 0 Å². The topological polar surface area (TPSA) is 92.2 Å². The number of likely N-dealkylation sites (tertiary alicyclic amines) is 1. The highest BCUT2D eigenvalue weighted by molar-refractivity contribution is 5.75. The lowest BCUT2D eigenvalue weighted by atomic mass is 10.1. The number of carbonyl (C=O) groups excluding carboxylic acids is 2. The van der Waals surface area contributed by atoms with E-state index in [0.717, 1.165) is 18.5 Å². The van der Waals surface area contributed by atoms with Gasteiger partial charge in [-0.15, -0.1) is 10.2 Å². The molecule has 132 valence electrons. The van der Waals surface area contributed by atoms with Gasteiger partial charge in [-0.05, 0) is 25.0 Å². The fraction of sp³-hybridized carbons (Fsp3) is 0.412. The zero-order valence-corrected chi connectivity index (χ0v) is 14.2. The Kier molecular flexibility index (Phi) is 5.27. The Morgan fingerprint density at radius 2 is 2.08 bits per heavy atom. The van der Waals surface area contributed by atoms with Crippen molar-refractivity contribution in [3.63, 3.8) is 0 Å². The Morgan fingerprint density at radius 3 is 2.84 bits per heavy atom. The van der Waals surface area contributed by atoms with Gasteiger partial charge in [0.05, 0.1) is 6.54 Å². The van der Waals surface area contributed by atoms with Crippen molar-refractivity contribution < 1.29 is 9.59 Å². The first-order chi connectivity index (χ1) is 12.1. The van der Waals surface area contributed by atoms with Gasteiger partial charge in [0.25, 0.3) is 0 Å². The van der Waals surface area contributed by atoms with E-state index in [-0.39, 0.29) is 24.5 Å². The number of hydrogen-bond donors (Lipinski definition) is 2. The number of nitrogens with zero attached hydrogens (tertiary/aromatic N) is 4. The van der Waals surface area contributed by atoms with Crippen molar-refractivity contribution in [3.05, 3.63) is 42.5 Å². The number of carbonyl (C=O) groups is 2. The Hall–Kier alpha value is -2.90. The number of rotatable bonds is 4. The second-order valence-electron chi connectivity index (χ2n) is 6.10. The fourth-order valence-corrected chi connectivity index (χ4v) is 3.02. The third-order valence-corrected chi connectivity index (χ3v) is 4.17. The molecule has 0 aliphatic carbocycles. The molecule has 0 bridgehead atoms. The summed E-state index contributed by atoms with van der Waals surface area (Å²) in [6.45, 7) is 2.99. The van der Waals surface area contributed by atoms with Gasteiger partial charge in [0.1, 0.15) is 6.33 Å². The number of urea groups is 1. The molecule has 1 aliphatic rings. The Bertz CT molecular complexity index is 730. The first-order valence-corrected chi connectivity index (χ1v) is 8.37. The van der Waals surface area contributed by atoms with Crippen LogP contribution in [0.3, 0.4) is 0 Å². The van der Waals surface area contributed by atoms with Crippen LogP contribution < -0.4 is 10.6 Å². The van der Waals surface area contributed by atoms with Crippen LogP contribution in [0.25, 0.3) is 5.69 Å². The van der Waals surface area contributed by atoms with Crippen LogP contribution in [0, 0.1) is 0 Å². The summed E-state index contributed by atoms with van der Waals surface area (Å²) >= 11 is 0. The van der Waals surface area contributed by atoms with Gasteiger partial charge in [0.15, 0.2) is 5.82 Å². The van der Waals surface area contributed by atoms with Crippen molar-refractivity contribution in [2.45, 2.75) is 32.4 Å². The molecule has 0 unspecified atom stereocenters. The standard InChI is InChI=1S/C17H22N6O2/c1-13(24)20-14-6-5-9-22(11-14)17(25)18-10-16-21-19-12-23(16)15-7-3-2-4-8-15/h2-4,7-8,12,14H,5-6,9-11H2,1H3,(H,18,25)(H,20,24)/t14-/m0/s1. The molecule has 1 saturated heterocycles. The number of para-hydroxylation sites is 1. The molecule has 0 radical (unpaired) electrons. The van der Waals surface area contributed by atoms with E-state index in [2.05, 4.69) is 20.8 Å². The Morgan fingerprint density at radius 1 is 1.28 bits per heavy atom. The van der Waals surface area contributed by atoms with Crippen molar-refractivity contribution in [2.24, 2.45) is 0 Å². The summed E-state index contributed by atoms with van der Waals surface area (Å²) in [6, 6.07) is 9.59. The molecule has 2 heterocycles. The lowest BCUT2D eigenvalue weighted by Crippen LogP contribution is -2.51. The third-order valence-electron chi connectivity index (χ3n) is 4.17. The monoisotopic (exact) mass is 342 g/mol. The molecule has 1 atom stereocenters. The van der Waals surface area contributed by atoms with Crippen LogP contribution in [0.2, 0.25) is 0 Å². The SMILES string of the molecule is CC(=O)N[C@H]1CCCN(C(=O)NCc2nncn2-c2ccccc2)C1. The third kappa shape index (κ3) is 4.34. The zero-order chi connectivity index (χ0) is 17.6. The molecular formula is C17H22N6O2. The molecule has 1 aromatic heterocycles. The van der Waals surface area contributed by atoms with Gasteiger partial charge in [0, 0.05) is 31.7 Å². The lowest BCUT2D eigenvalue weighted by Gasteiger charge is -2.32. The minimum absolute atomic E-state index is 0.0185. The van der Waals surface area contributed by atoms with Gasteiger partial charge in [0.2, 0.25) is 5.91 Å². The van der Waals surface area contributed by atoms with E-state index in [1.165, 1.54) is 6.92 Å². The number of benzene rings is 1. The smallest absolute Gasteiger partial charge is 0.317 e. The van der Waals surface area contributed by atoms with Crippen LogP contribution in [0.5, 0.6) is 0 Å². The van der Waals surface area contributed by atoms with Crippen molar-refractivity contribution in [2.75, 3.05) is 13.1 Å². The quantitative estimate of drug-likeness (QED) is 0.869. The molecule has 8 heteroatoms. The normalized spacial score (nSPS) is 17.2. The predicted octanol–water partition coefficient (Wildman–Crippen LogP) is 1.08. The first-order valence-electron chi connectivity index (χ1n) is 8.37. The second kappa shape index (κ2) is 7.78. The van der Waals surface area contributed by atoms with E-state index in [1.807, 2.05) is 34.9 Å². The van der Waals surface area contributed by atoms with Crippen LogP contribution in [0.4, 0.5) is 4.79 Å². The Labute approximate surface area is 146 Å². The molecule has 8 nitrogen and oxygen atoms in total. The fourth-order valence-electron chi connectivity index (χ4n) is 3.02. The van der Waals surface area contributed by atoms with Crippen molar-refractivity contribution in [3.8, 4) is 5.69 Å².